The molecule has 0 aliphatic rings. The van der Waals surface area contributed by atoms with Crippen LogP contribution in [0, 0.1) is 0 Å². The lowest BCUT2D eigenvalue weighted by Gasteiger charge is -2.11. The van der Waals surface area contributed by atoms with Crippen molar-refractivity contribution in [1.29, 1.82) is 0 Å². The van der Waals surface area contributed by atoms with Crippen LogP contribution in [0.25, 0.3) is 67.6 Å². The third kappa shape index (κ3) is 5.07. The van der Waals surface area contributed by atoms with E-state index in [-0.39, 0.29) is 0 Å². The number of para-hydroxylation sites is 2. The first-order valence-electron chi connectivity index (χ1n) is 13.2. The van der Waals surface area contributed by atoms with Crippen LogP contribution < -0.4 is 0 Å². The third-order valence-corrected chi connectivity index (χ3v) is 7.08. The second kappa shape index (κ2) is 10.7. The molecule has 5 aromatic carbocycles. The van der Waals surface area contributed by atoms with Crippen molar-refractivity contribution in [3.8, 4) is 56.5 Å². The maximum absolute atomic E-state index is 6.58. The summed E-state index contributed by atoms with van der Waals surface area (Å²) in [4.78, 5) is 23.9. The fourth-order valence-corrected chi connectivity index (χ4v) is 5.03. The number of halogens is 1. The van der Waals surface area contributed by atoms with E-state index in [4.69, 9.17) is 31.5 Å². The molecule has 0 spiro atoms. The van der Waals surface area contributed by atoms with Crippen molar-refractivity contribution in [2.45, 2.75) is 0 Å². The summed E-state index contributed by atoms with van der Waals surface area (Å²) in [5, 5.41) is 0.377. The Balaban J connectivity index is 1.31. The second-order valence-electron chi connectivity index (χ2n) is 9.55. The molecule has 0 unspecified atom stereocenters. The smallest absolute Gasteiger partial charge is 0.164 e. The van der Waals surface area contributed by atoms with Gasteiger partial charge in [0.15, 0.2) is 22.6 Å². The number of nitrogens with zero attached hydrogens (tertiary/aromatic N) is 5. The molecule has 0 bridgehead atoms. The van der Waals surface area contributed by atoms with Crippen molar-refractivity contribution in [2.24, 2.45) is 0 Å². The Morgan fingerprint density at radius 1 is 0.341 bits per heavy atom. The van der Waals surface area contributed by atoms with Crippen molar-refractivity contribution in [3.63, 3.8) is 0 Å². The highest BCUT2D eigenvalue weighted by Crippen LogP contribution is 2.32. The number of benzene rings is 5. The molecule has 0 saturated carbocycles. The number of hydrogen-bond acceptors (Lipinski definition) is 5. The molecule has 2 heterocycles. The summed E-state index contributed by atoms with van der Waals surface area (Å²) < 4.78 is 0. The molecule has 0 saturated heterocycles. The molecule has 5 nitrogen and oxygen atoms in total. The molecular weight excluding hydrogens is 526 g/mol. The van der Waals surface area contributed by atoms with Crippen molar-refractivity contribution in [2.75, 3.05) is 0 Å². The van der Waals surface area contributed by atoms with Crippen LogP contribution in [0.1, 0.15) is 0 Å². The van der Waals surface area contributed by atoms with Crippen LogP contribution >= 0.6 is 11.6 Å². The maximum Gasteiger partial charge on any atom is 0.164 e. The first-order valence-corrected chi connectivity index (χ1v) is 13.6. The average molecular weight is 548 g/mol. The van der Waals surface area contributed by atoms with Gasteiger partial charge in [-0.3, -0.25) is 0 Å². The standard InChI is InChI=1S/C35H22ClN5/c36-32-31(37-29-19-7-8-20-30(29)38-32)27-17-9-15-25(21-27)26-16-10-18-28(22-26)35-40-33(23-11-3-1-4-12-23)39-34(41-35)24-13-5-2-6-14-24/h1-22H. The highest BCUT2D eigenvalue weighted by molar-refractivity contribution is 6.32. The molecule has 0 atom stereocenters. The molecule has 0 aliphatic heterocycles. The molecule has 0 fully saturated rings. The molecule has 0 N–H and O–H groups in total. The van der Waals surface area contributed by atoms with Gasteiger partial charge in [-0.1, -0.05) is 121 Å². The Bertz CT molecular complexity index is 1950. The summed E-state index contributed by atoms with van der Waals surface area (Å²) in [5.41, 5.74) is 7.94. The van der Waals surface area contributed by atoms with E-state index in [0.29, 0.717) is 28.3 Å². The number of aromatic nitrogens is 5. The topological polar surface area (TPSA) is 64.5 Å². The summed E-state index contributed by atoms with van der Waals surface area (Å²) in [7, 11) is 0. The van der Waals surface area contributed by atoms with Gasteiger partial charge in [0.2, 0.25) is 0 Å². The monoisotopic (exact) mass is 547 g/mol. The molecule has 0 aliphatic carbocycles. The largest absolute Gasteiger partial charge is 0.243 e. The van der Waals surface area contributed by atoms with E-state index in [2.05, 4.69) is 29.2 Å². The van der Waals surface area contributed by atoms with Crippen LogP contribution in [0.15, 0.2) is 133 Å². The molecule has 2 aromatic heterocycles. The molecule has 7 aromatic rings. The molecule has 6 heteroatoms. The summed E-state index contributed by atoms with van der Waals surface area (Å²) >= 11 is 6.58. The fraction of sp³-hybridized carbons (Fsp3) is 0. The minimum Gasteiger partial charge on any atom is -0.243 e. The lowest BCUT2D eigenvalue weighted by atomic mass is 9.99. The number of rotatable bonds is 5. The van der Waals surface area contributed by atoms with Gasteiger partial charge in [-0.25, -0.2) is 24.9 Å². The first kappa shape index (κ1) is 24.8. The minimum atomic E-state index is 0.377. The average Bonchev–Trinajstić information content (AvgIpc) is 3.05. The summed E-state index contributed by atoms with van der Waals surface area (Å²) in [5.74, 6) is 1.87. The molecular formula is C35H22ClN5. The van der Waals surface area contributed by atoms with Gasteiger partial charge in [0.05, 0.1) is 11.0 Å². The predicted octanol–water partition coefficient (Wildman–Crippen LogP) is 8.80. The van der Waals surface area contributed by atoms with E-state index in [1.54, 1.807) is 0 Å². The summed E-state index contributed by atoms with van der Waals surface area (Å²) in [6, 6.07) is 44.1. The van der Waals surface area contributed by atoms with E-state index < -0.39 is 0 Å². The molecule has 0 amide bonds. The normalized spacial score (nSPS) is 11.0. The minimum absolute atomic E-state index is 0.377. The quantitative estimate of drug-likeness (QED) is 0.215. The first-order chi connectivity index (χ1) is 20.2. The van der Waals surface area contributed by atoms with Gasteiger partial charge in [0.1, 0.15) is 5.69 Å². The van der Waals surface area contributed by atoms with Gasteiger partial charge in [-0.15, -0.1) is 0 Å². The van der Waals surface area contributed by atoms with E-state index in [1.807, 2.05) is 109 Å². The predicted molar refractivity (Wildman–Crippen MR) is 165 cm³/mol. The molecule has 41 heavy (non-hydrogen) atoms. The van der Waals surface area contributed by atoms with Crippen LogP contribution in [0.3, 0.4) is 0 Å². The van der Waals surface area contributed by atoms with E-state index >= 15 is 0 Å². The van der Waals surface area contributed by atoms with E-state index in [0.717, 1.165) is 44.4 Å². The van der Waals surface area contributed by atoms with Gasteiger partial charge < -0.3 is 0 Å². The SMILES string of the molecule is Clc1nc2ccccc2nc1-c1cccc(-c2cccc(-c3nc(-c4ccccc4)nc(-c4ccccc4)n3)c2)c1. The lowest BCUT2D eigenvalue weighted by molar-refractivity contribution is 1.07. The Morgan fingerprint density at radius 2 is 0.756 bits per heavy atom. The van der Waals surface area contributed by atoms with Gasteiger partial charge in [-0.05, 0) is 35.4 Å². The van der Waals surface area contributed by atoms with Crippen LogP contribution in [-0.2, 0) is 0 Å². The Hall–Kier alpha value is -5.26. The van der Waals surface area contributed by atoms with Crippen LogP contribution in [0.5, 0.6) is 0 Å². The maximum atomic E-state index is 6.58. The molecule has 7 rings (SSSR count). The van der Waals surface area contributed by atoms with Crippen LogP contribution in [0.2, 0.25) is 5.15 Å². The van der Waals surface area contributed by atoms with Crippen LogP contribution in [0.4, 0.5) is 0 Å². The Kier molecular flexibility index (Phi) is 6.47. The fourth-order valence-electron chi connectivity index (χ4n) is 4.78. The van der Waals surface area contributed by atoms with Crippen molar-refractivity contribution < 1.29 is 0 Å². The zero-order valence-corrected chi connectivity index (χ0v) is 22.6. The van der Waals surface area contributed by atoms with Crippen LogP contribution in [-0.4, -0.2) is 24.9 Å². The van der Waals surface area contributed by atoms with Gasteiger partial charge in [0, 0.05) is 22.3 Å². The van der Waals surface area contributed by atoms with E-state index in [1.165, 1.54) is 0 Å². The van der Waals surface area contributed by atoms with E-state index in [9.17, 15) is 0 Å². The van der Waals surface area contributed by atoms with Crippen molar-refractivity contribution in [3.05, 3.63) is 139 Å². The van der Waals surface area contributed by atoms with Crippen molar-refractivity contribution >= 4 is 22.6 Å². The summed E-state index contributed by atoms with van der Waals surface area (Å²) in [6.07, 6.45) is 0. The van der Waals surface area contributed by atoms with Gasteiger partial charge in [-0.2, -0.15) is 0 Å². The number of fused-ring (bicyclic) bond motifs is 1. The second-order valence-corrected chi connectivity index (χ2v) is 9.91. The highest BCUT2D eigenvalue weighted by atomic mass is 35.5. The molecule has 0 radical (unpaired) electrons. The van der Waals surface area contributed by atoms with Gasteiger partial charge >= 0.3 is 0 Å². The zero-order valence-electron chi connectivity index (χ0n) is 21.8. The Labute approximate surface area is 242 Å². The zero-order chi connectivity index (χ0) is 27.6. The van der Waals surface area contributed by atoms with Crippen molar-refractivity contribution in [1.82, 2.24) is 24.9 Å². The highest BCUT2D eigenvalue weighted by Gasteiger charge is 2.14. The van der Waals surface area contributed by atoms with Gasteiger partial charge in [0.25, 0.3) is 0 Å². The lowest BCUT2D eigenvalue weighted by Crippen LogP contribution is -2.00. The molecule has 194 valence electrons. The summed E-state index contributed by atoms with van der Waals surface area (Å²) in [6.45, 7) is 0. The third-order valence-electron chi connectivity index (χ3n) is 6.82. The Morgan fingerprint density at radius 3 is 1.34 bits per heavy atom. The number of hydrogen-bond donors (Lipinski definition) is 0.